The Hall–Kier alpha value is -3.71. The van der Waals surface area contributed by atoms with Crippen molar-refractivity contribution < 1.29 is 21.9 Å². The van der Waals surface area contributed by atoms with E-state index in [4.69, 9.17) is 9.72 Å². The van der Waals surface area contributed by atoms with Crippen LogP contribution in [0, 0.1) is 11.6 Å². The SMILES string of the molecule is CC[C@H]1CC[C@](CC)(c2ccnc(-n3cnc(CCS(=O)(=O)C4COC4)n3)n2)c2nnc(-c3c(F)cccc3F)cc21. The Morgan fingerprint density at radius 1 is 1.10 bits per heavy atom. The minimum absolute atomic E-state index is 0.0578. The second-order valence-corrected chi connectivity index (χ2v) is 13.2. The number of aryl methyl sites for hydroxylation is 1. The molecule has 0 bridgehead atoms. The second kappa shape index (κ2) is 11.2. The molecule has 3 aromatic heterocycles. The highest BCUT2D eigenvalue weighted by Crippen LogP contribution is 2.48. The zero-order chi connectivity index (χ0) is 29.5. The summed E-state index contributed by atoms with van der Waals surface area (Å²) in [7, 11) is -3.27. The lowest BCUT2D eigenvalue weighted by Crippen LogP contribution is -2.42. The van der Waals surface area contributed by atoms with Crippen LogP contribution in [0.2, 0.25) is 0 Å². The van der Waals surface area contributed by atoms with Gasteiger partial charge in [-0.05, 0) is 61.4 Å². The number of nitrogens with zero attached hydrogens (tertiary/aromatic N) is 7. The Morgan fingerprint density at radius 2 is 1.88 bits per heavy atom. The quantitative estimate of drug-likeness (QED) is 0.281. The van der Waals surface area contributed by atoms with Crippen molar-refractivity contribution in [2.75, 3.05) is 19.0 Å². The van der Waals surface area contributed by atoms with Crippen molar-refractivity contribution in [2.45, 2.75) is 62.5 Å². The van der Waals surface area contributed by atoms with Gasteiger partial charge in [0.2, 0.25) is 0 Å². The van der Waals surface area contributed by atoms with E-state index in [0.29, 0.717) is 18.2 Å². The van der Waals surface area contributed by atoms with Gasteiger partial charge in [-0.25, -0.2) is 32.2 Å². The number of halogens is 2. The molecule has 220 valence electrons. The summed E-state index contributed by atoms with van der Waals surface area (Å²) in [5.41, 5.74) is 1.78. The number of hydrogen-bond donors (Lipinski definition) is 0. The fourth-order valence-electron chi connectivity index (χ4n) is 5.90. The van der Waals surface area contributed by atoms with Gasteiger partial charge in [-0.3, -0.25) is 0 Å². The fourth-order valence-corrected chi connectivity index (χ4v) is 7.31. The molecule has 4 heterocycles. The lowest BCUT2D eigenvalue weighted by molar-refractivity contribution is 0.0416. The minimum atomic E-state index is -3.27. The molecular weight excluding hydrogens is 564 g/mol. The summed E-state index contributed by atoms with van der Waals surface area (Å²) in [6, 6.07) is 7.38. The minimum Gasteiger partial charge on any atom is -0.379 e. The Bertz CT molecular complexity index is 1710. The molecule has 0 amide bonds. The molecule has 1 aliphatic heterocycles. The van der Waals surface area contributed by atoms with Crippen LogP contribution < -0.4 is 0 Å². The highest BCUT2D eigenvalue weighted by atomic mass is 32.2. The molecule has 6 rings (SSSR count). The summed E-state index contributed by atoms with van der Waals surface area (Å²) in [5.74, 6) is -0.588. The largest absolute Gasteiger partial charge is 0.379 e. The maximum Gasteiger partial charge on any atom is 0.252 e. The summed E-state index contributed by atoms with van der Waals surface area (Å²) < 4.78 is 60.5. The van der Waals surface area contributed by atoms with Crippen molar-refractivity contribution in [3.63, 3.8) is 0 Å². The zero-order valence-electron chi connectivity index (χ0n) is 23.4. The zero-order valence-corrected chi connectivity index (χ0v) is 24.2. The van der Waals surface area contributed by atoms with Gasteiger partial charge in [-0.2, -0.15) is 9.78 Å². The normalized spacial score (nSPS) is 20.7. The molecule has 0 radical (unpaired) electrons. The van der Waals surface area contributed by atoms with Crippen molar-refractivity contribution in [3.8, 4) is 17.2 Å². The van der Waals surface area contributed by atoms with E-state index < -0.39 is 32.1 Å². The number of aromatic nitrogens is 7. The Morgan fingerprint density at radius 3 is 2.57 bits per heavy atom. The molecule has 1 aromatic carbocycles. The summed E-state index contributed by atoms with van der Waals surface area (Å²) in [5, 5.41) is 12.9. The molecule has 0 spiro atoms. The van der Waals surface area contributed by atoms with Crippen LogP contribution in [0.15, 0.2) is 42.9 Å². The first-order chi connectivity index (χ1) is 20.3. The number of fused-ring (bicyclic) bond motifs is 1. The van der Waals surface area contributed by atoms with Crippen LogP contribution in [0.1, 0.15) is 68.2 Å². The third-order valence-electron chi connectivity index (χ3n) is 8.55. The van der Waals surface area contributed by atoms with Crippen LogP contribution in [-0.2, 0) is 26.4 Å². The molecular formula is C29H31F2N7O3S. The third-order valence-corrected chi connectivity index (χ3v) is 10.6. The molecule has 13 heteroatoms. The number of benzene rings is 1. The summed E-state index contributed by atoms with van der Waals surface area (Å²) in [6.45, 7) is 4.62. The molecule has 0 N–H and O–H groups in total. The Balaban J connectivity index is 1.33. The number of ether oxygens (including phenoxy) is 1. The van der Waals surface area contributed by atoms with Crippen LogP contribution in [-0.4, -0.2) is 67.6 Å². The van der Waals surface area contributed by atoms with Gasteiger partial charge in [0.1, 0.15) is 23.2 Å². The van der Waals surface area contributed by atoms with Gasteiger partial charge in [0, 0.05) is 12.6 Å². The molecule has 1 aliphatic carbocycles. The van der Waals surface area contributed by atoms with Crippen LogP contribution in [0.5, 0.6) is 0 Å². The van der Waals surface area contributed by atoms with E-state index in [1.807, 2.05) is 6.07 Å². The monoisotopic (exact) mass is 595 g/mol. The van der Waals surface area contributed by atoms with Gasteiger partial charge < -0.3 is 4.74 Å². The van der Waals surface area contributed by atoms with Crippen LogP contribution in [0.4, 0.5) is 8.78 Å². The fraction of sp³-hybridized carbons (Fsp3) is 0.448. The summed E-state index contributed by atoms with van der Waals surface area (Å²) in [6.07, 6.45) is 6.42. The van der Waals surface area contributed by atoms with Gasteiger partial charge in [0.25, 0.3) is 5.95 Å². The number of rotatable bonds is 9. The van der Waals surface area contributed by atoms with Gasteiger partial charge >= 0.3 is 0 Å². The van der Waals surface area contributed by atoms with Crippen molar-refractivity contribution in [1.82, 2.24) is 34.9 Å². The van der Waals surface area contributed by atoms with Gasteiger partial charge in [0.15, 0.2) is 15.7 Å². The predicted molar refractivity (Wildman–Crippen MR) is 150 cm³/mol. The summed E-state index contributed by atoms with van der Waals surface area (Å²) >= 11 is 0. The molecule has 1 fully saturated rings. The van der Waals surface area contributed by atoms with E-state index in [2.05, 4.69) is 39.1 Å². The third kappa shape index (κ3) is 4.98. The first kappa shape index (κ1) is 28.4. The van der Waals surface area contributed by atoms with E-state index in [1.165, 1.54) is 29.2 Å². The van der Waals surface area contributed by atoms with Crippen molar-refractivity contribution in [1.29, 1.82) is 0 Å². The highest BCUT2D eigenvalue weighted by molar-refractivity contribution is 7.92. The molecule has 1 saturated heterocycles. The molecule has 2 atom stereocenters. The van der Waals surface area contributed by atoms with Crippen molar-refractivity contribution in [3.05, 3.63) is 77.3 Å². The maximum atomic E-state index is 14.6. The van der Waals surface area contributed by atoms with Gasteiger partial charge in [-0.1, -0.05) is 19.9 Å². The van der Waals surface area contributed by atoms with E-state index in [-0.39, 0.29) is 42.6 Å². The Labute approximate surface area is 242 Å². The predicted octanol–water partition coefficient (Wildman–Crippen LogP) is 4.13. The molecule has 4 aromatic rings. The van der Waals surface area contributed by atoms with Crippen LogP contribution in [0.3, 0.4) is 0 Å². The van der Waals surface area contributed by atoms with Crippen molar-refractivity contribution in [2.24, 2.45) is 0 Å². The molecule has 42 heavy (non-hydrogen) atoms. The smallest absolute Gasteiger partial charge is 0.252 e. The first-order valence-electron chi connectivity index (χ1n) is 14.1. The van der Waals surface area contributed by atoms with Crippen LogP contribution in [0.25, 0.3) is 17.2 Å². The average molecular weight is 596 g/mol. The van der Waals surface area contributed by atoms with Crippen molar-refractivity contribution >= 4 is 9.84 Å². The topological polar surface area (TPSA) is 126 Å². The first-order valence-corrected chi connectivity index (χ1v) is 15.8. The van der Waals surface area contributed by atoms with E-state index in [9.17, 15) is 17.2 Å². The highest BCUT2D eigenvalue weighted by Gasteiger charge is 2.43. The van der Waals surface area contributed by atoms with E-state index in [1.54, 1.807) is 12.3 Å². The maximum absolute atomic E-state index is 14.6. The van der Waals surface area contributed by atoms with E-state index >= 15 is 0 Å². The molecule has 0 unspecified atom stereocenters. The number of hydrogen-bond acceptors (Lipinski definition) is 9. The Kier molecular flexibility index (Phi) is 7.56. The lowest BCUT2D eigenvalue weighted by atomic mass is 9.65. The van der Waals surface area contributed by atoms with E-state index in [0.717, 1.165) is 36.2 Å². The average Bonchev–Trinajstić information content (AvgIpc) is 3.44. The van der Waals surface area contributed by atoms with Crippen LogP contribution >= 0.6 is 0 Å². The molecule has 10 nitrogen and oxygen atoms in total. The van der Waals surface area contributed by atoms with Gasteiger partial charge in [-0.15, -0.1) is 10.2 Å². The molecule has 0 saturated carbocycles. The standard InChI is InChI=1S/C29H31F2N7O3S/c1-3-18-8-11-29(4-2,27-20(18)14-23(35-36-27)26-21(30)6-5-7-22(26)31)24-9-12-32-28(34-24)38-17-33-25(37-38)10-13-42(39,40)19-15-41-16-19/h5-7,9,12,14,17-19H,3-4,8,10-11,13,15-16H2,1-2H3/t18-,29+/m0/s1. The lowest BCUT2D eigenvalue weighted by Gasteiger charge is -2.39. The van der Waals surface area contributed by atoms with Gasteiger partial charge in [0.05, 0.1) is 47.0 Å². The second-order valence-electron chi connectivity index (χ2n) is 10.8. The summed E-state index contributed by atoms with van der Waals surface area (Å²) in [4.78, 5) is 13.5. The number of sulfone groups is 1. The molecule has 2 aliphatic rings.